The van der Waals surface area contributed by atoms with Gasteiger partial charge in [0.05, 0.1) is 11.0 Å². The maximum absolute atomic E-state index is 10.9. The summed E-state index contributed by atoms with van der Waals surface area (Å²) in [4.78, 5) is 10.5. The third-order valence-corrected chi connectivity index (χ3v) is 3.45. The van der Waals surface area contributed by atoms with E-state index in [4.69, 9.17) is 11.6 Å². The van der Waals surface area contributed by atoms with Gasteiger partial charge in [0, 0.05) is 17.1 Å². The van der Waals surface area contributed by atoms with Crippen molar-refractivity contribution >= 4 is 23.0 Å². The summed E-state index contributed by atoms with van der Waals surface area (Å²) < 4.78 is 0. The van der Waals surface area contributed by atoms with Crippen LogP contribution in [-0.4, -0.2) is 22.2 Å². The second-order valence-corrected chi connectivity index (χ2v) is 5.00. The Labute approximate surface area is 110 Å². The summed E-state index contributed by atoms with van der Waals surface area (Å²) in [6.45, 7) is 0. The van der Waals surface area contributed by atoms with Gasteiger partial charge in [-0.25, -0.2) is 0 Å². The summed E-state index contributed by atoms with van der Waals surface area (Å²) in [6, 6.07) is 4.79. The number of hydrogen-bond donors (Lipinski definition) is 2. The van der Waals surface area contributed by atoms with Crippen molar-refractivity contribution in [3.05, 3.63) is 33.3 Å². The van der Waals surface area contributed by atoms with Gasteiger partial charge >= 0.3 is 0 Å². The van der Waals surface area contributed by atoms with E-state index in [2.05, 4.69) is 5.32 Å². The van der Waals surface area contributed by atoms with Crippen LogP contribution in [0.5, 0.6) is 0 Å². The van der Waals surface area contributed by atoms with Crippen molar-refractivity contribution in [2.45, 2.75) is 37.8 Å². The molecule has 0 bridgehead atoms. The lowest BCUT2D eigenvalue weighted by Crippen LogP contribution is -2.28. The Morgan fingerprint density at radius 1 is 1.33 bits per heavy atom. The van der Waals surface area contributed by atoms with E-state index in [0.29, 0.717) is 10.7 Å². The van der Waals surface area contributed by atoms with Gasteiger partial charge in [-0.2, -0.15) is 0 Å². The molecule has 1 aliphatic rings. The summed E-state index contributed by atoms with van der Waals surface area (Å²) >= 11 is 5.76. The predicted molar refractivity (Wildman–Crippen MR) is 70.0 cm³/mol. The van der Waals surface area contributed by atoms with Gasteiger partial charge in [-0.05, 0) is 37.8 Å². The Morgan fingerprint density at radius 3 is 2.61 bits per heavy atom. The topological polar surface area (TPSA) is 75.4 Å². The fraction of sp³-hybridized carbons (Fsp3) is 0.500. The second-order valence-electron chi connectivity index (χ2n) is 4.57. The summed E-state index contributed by atoms with van der Waals surface area (Å²) in [6.07, 6.45) is 2.88. The number of nitro groups is 1. The first kappa shape index (κ1) is 13.1. The molecule has 2 rings (SSSR count). The molecule has 0 spiro atoms. The highest BCUT2D eigenvalue weighted by Gasteiger charge is 2.22. The number of rotatable bonds is 3. The molecule has 0 aromatic heterocycles. The number of hydrogen-bond acceptors (Lipinski definition) is 4. The molecule has 0 radical (unpaired) electrons. The predicted octanol–water partition coefficient (Wildman–Crippen LogP) is 2.96. The lowest BCUT2D eigenvalue weighted by Gasteiger charge is -2.26. The molecule has 0 unspecified atom stereocenters. The zero-order valence-corrected chi connectivity index (χ0v) is 10.6. The van der Waals surface area contributed by atoms with Crippen molar-refractivity contribution in [1.82, 2.24) is 0 Å². The molecule has 0 amide bonds. The van der Waals surface area contributed by atoms with Crippen LogP contribution >= 0.6 is 11.6 Å². The first-order chi connectivity index (χ1) is 8.56. The number of aliphatic hydroxyl groups is 1. The molecule has 98 valence electrons. The standard InChI is InChI=1S/C12H15ClN2O3/c13-8-1-6-11(12(7-8)15(17)18)14-9-2-4-10(16)5-3-9/h1,6-7,9-10,14,16H,2-5H2. The maximum Gasteiger partial charge on any atom is 0.293 e. The Morgan fingerprint density at radius 2 is 2.00 bits per heavy atom. The number of nitro benzene ring substituents is 1. The maximum atomic E-state index is 10.9. The van der Waals surface area contributed by atoms with Crippen LogP contribution in [0.4, 0.5) is 11.4 Å². The number of aliphatic hydroxyl groups excluding tert-OH is 1. The van der Waals surface area contributed by atoms with Crippen LogP contribution in [0, 0.1) is 10.1 Å². The molecule has 1 saturated carbocycles. The van der Waals surface area contributed by atoms with Crippen LogP contribution in [0.1, 0.15) is 25.7 Å². The number of halogens is 1. The molecular formula is C12H15ClN2O3. The zero-order chi connectivity index (χ0) is 13.1. The minimum atomic E-state index is -0.439. The third kappa shape index (κ3) is 3.11. The molecule has 6 heteroatoms. The number of benzene rings is 1. The average Bonchev–Trinajstić information content (AvgIpc) is 2.34. The molecule has 0 saturated heterocycles. The molecule has 0 atom stereocenters. The van der Waals surface area contributed by atoms with E-state index < -0.39 is 4.92 Å². The fourth-order valence-corrected chi connectivity index (χ4v) is 2.38. The van der Waals surface area contributed by atoms with Crippen molar-refractivity contribution in [2.24, 2.45) is 0 Å². The van der Waals surface area contributed by atoms with E-state index in [0.717, 1.165) is 25.7 Å². The van der Waals surface area contributed by atoms with Crippen LogP contribution in [0.2, 0.25) is 5.02 Å². The van der Waals surface area contributed by atoms with Crippen LogP contribution in [0.15, 0.2) is 18.2 Å². The van der Waals surface area contributed by atoms with Gasteiger partial charge < -0.3 is 10.4 Å². The summed E-state index contributed by atoms with van der Waals surface area (Å²) in [7, 11) is 0. The van der Waals surface area contributed by atoms with Gasteiger partial charge in [-0.3, -0.25) is 10.1 Å². The van der Waals surface area contributed by atoms with Gasteiger partial charge in [0.1, 0.15) is 5.69 Å². The van der Waals surface area contributed by atoms with Crippen LogP contribution < -0.4 is 5.32 Å². The Bertz CT molecular complexity index is 445. The Hall–Kier alpha value is -1.33. The van der Waals surface area contributed by atoms with E-state index in [1.54, 1.807) is 12.1 Å². The second kappa shape index (κ2) is 5.54. The molecule has 18 heavy (non-hydrogen) atoms. The lowest BCUT2D eigenvalue weighted by molar-refractivity contribution is -0.384. The van der Waals surface area contributed by atoms with Gasteiger partial charge in [0.15, 0.2) is 0 Å². The average molecular weight is 271 g/mol. The Balaban J connectivity index is 2.11. The molecular weight excluding hydrogens is 256 g/mol. The molecule has 1 fully saturated rings. The molecule has 0 aliphatic heterocycles. The highest BCUT2D eigenvalue weighted by atomic mass is 35.5. The van der Waals surface area contributed by atoms with Crippen LogP contribution in [0.25, 0.3) is 0 Å². The normalized spacial score (nSPS) is 23.7. The largest absolute Gasteiger partial charge is 0.393 e. The number of anilines is 1. The van der Waals surface area contributed by atoms with Crippen LogP contribution in [0.3, 0.4) is 0 Å². The van der Waals surface area contributed by atoms with E-state index >= 15 is 0 Å². The summed E-state index contributed by atoms with van der Waals surface area (Å²) in [5.74, 6) is 0. The first-order valence-electron chi connectivity index (χ1n) is 5.95. The molecule has 0 heterocycles. The zero-order valence-electron chi connectivity index (χ0n) is 9.80. The molecule has 5 nitrogen and oxygen atoms in total. The van der Waals surface area contributed by atoms with E-state index in [1.807, 2.05) is 0 Å². The van der Waals surface area contributed by atoms with Gasteiger partial charge in [0.2, 0.25) is 0 Å². The minimum Gasteiger partial charge on any atom is -0.393 e. The quantitative estimate of drug-likeness (QED) is 0.654. The highest BCUT2D eigenvalue weighted by Crippen LogP contribution is 2.30. The van der Waals surface area contributed by atoms with Crippen molar-refractivity contribution < 1.29 is 10.0 Å². The van der Waals surface area contributed by atoms with Crippen molar-refractivity contribution in [1.29, 1.82) is 0 Å². The van der Waals surface area contributed by atoms with Gasteiger partial charge in [-0.1, -0.05) is 11.6 Å². The highest BCUT2D eigenvalue weighted by molar-refractivity contribution is 6.30. The summed E-state index contributed by atoms with van der Waals surface area (Å²) in [5.41, 5.74) is 0.486. The van der Waals surface area contributed by atoms with Crippen molar-refractivity contribution in [2.75, 3.05) is 5.32 Å². The molecule has 1 aromatic rings. The minimum absolute atomic E-state index is 0.00591. The van der Waals surface area contributed by atoms with E-state index in [9.17, 15) is 15.2 Å². The van der Waals surface area contributed by atoms with Crippen molar-refractivity contribution in [3.63, 3.8) is 0 Å². The van der Waals surface area contributed by atoms with E-state index in [-0.39, 0.29) is 17.8 Å². The third-order valence-electron chi connectivity index (χ3n) is 3.21. The number of nitrogens with zero attached hydrogens (tertiary/aromatic N) is 1. The lowest BCUT2D eigenvalue weighted by atomic mass is 9.93. The summed E-state index contributed by atoms with van der Waals surface area (Å²) in [5, 5.41) is 23.9. The van der Waals surface area contributed by atoms with Crippen molar-refractivity contribution in [3.8, 4) is 0 Å². The smallest absolute Gasteiger partial charge is 0.293 e. The van der Waals surface area contributed by atoms with Crippen LogP contribution in [-0.2, 0) is 0 Å². The number of nitrogens with one attached hydrogen (secondary N) is 1. The monoisotopic (exact) mass is 270 g/mol. The first-order valence-corrected chi connectivity index (χ1v) is 6.32. The van der Waals surface area contributed by atoms with Gasteiger partial charge in [0.25, 0.3) is 5.69 Å². The van der Waals surface area contributed by atoms with Gasteiger partial charge in [-0.15, -0.1) is 0 Å². The molecule has 1 aliphatic carbocycles. The molecule has 2 N–H and O–H groups in total. The van der Waals surface area contributed by atoms with E-state index in [1.165, 1.54) is 6.07 Å². The Kier molecular flexibility index (Phi) is 4.04. The SMILES string of the molecule is O=[N+]([O-])c1cc(Cl)ccc1NC1CCC(O)CC1. The fourth-order valence-electron chi connectivity index (χ4n) is 2.22. The molecule has 1 aromatic carbocycles.